The summed E-state index contributed by atoms with van der Waals surface area (Å²) in [6.45, 7) is 1.85. The normalized spacial score (nSPS) is 32.1. The number of hydrogen-bond donors (Lipinski definition) is 2. The van der Waals surface area contributed by atoms with Gasteiger partial charge in [0.25, 0.3) is 0 Å². The van der Waals surface area contributed by atoms with Gasteiger partial charge in [-0.1, -0.05) is 12.8 Å². The van der Waals surface area contributed by atoms with Crippen molar-refractivity contribution in [2.24, 2.45) is 29.2 Å². The zero-order chi connectivity index (χ0) is 13.8. The molecule has 4 N–H and O–H groups in total. The van der Waals surface area contributed by atoms with E-state index in [9.17, 15) is 9.59 Å². The van der Waals surface area contributed by atoms with Gasteiger partial charge in [0.1, 0.15) is 0 Å². The number of hydrogen-bond acceptors (Lipinski definition) is 3. The van der Waals surface area contributed by atoms with Gasteiger partial charge in [0.2, 0.25) is 11.8 Å². The smallest absolute Gasteiger partial charge is 0.226 e. The number of amides is 2. The molecule has 0 aromatic carbocycles. The Morgan fingerprint density at radius 3 is 2.53 bits per heavy atom. The summed E-state index contributed by atoms with van der Waals surface area (Å²) in [7, 11) is 0. The van der Waals surface area contributed by atoms with E-state index in [0.717, 1.165) is 38.6 Å². The molecule has 0 aromatic rings. The summed E-state index contributed by atoms with van der Waals surface area (Å²) in [6, 6.07) is 0. The van der Waals surface area contributed by atoms with E-state index in [1.807, 2.05) is 4.90 Å². The lowest BCUT2D eigenvalue weighted by atomic mass is 9.78. The predicted molar refractivity (Wildman–Crippen MR) is 73.0 cm³/mol. The largest absolute Gasteiger partial charge is 0.369 e. The Kier molecular flexibility index (Phi) is 4.80. The van der Waals surface area contributed by atoms with Crippen molar-refractivity contribution in [1.82, 2.24) is 4.90 Å². The molecule has 1 saturated carbocycles. The van der Waals surface area contributed by atoms with Crippen LogP contribution in [0.15, 0.2) is 0 Å². The number of carbonyl (C=O) groups is 2. The minimum Gasteiger partial charge on any atom is -0.369 e. The van der Waals surface area contributed by atoms with Crippen molar-refractivity contribution in [3.63, 3.8) is 0 Å². The number of nitrogens with two attached hydrogens (primary N) is 2. The van der Waals surface area contributed by atoms with E-state index in [0.29, 0.717) is 19.0 Å². The van der Waals surface area contributed by atoms with Gasteiger partial charge in [-0.15, -0.1) is 0 Å². The van der Waals surface area contributed by atoms with Crippen molar-refractivity contribution in [2.45, 2.75) is 38.5 Å². The molecule has 2 amide bonds. The number of likely N-dealkylation sites (tertiary alicyclic amines) is 1. The van der Waals surface area contributed by atoms with Crippen LogP contribution in [0.1, 0.15) is 38.5 Å². The van der Waals surface area contributed by atoms with Crippen LogP contribution in [0.3, 0.4) is 0 Å². The maximum absolute atomic E-state index is 12.6. The molecule has 0 radical (unpaired) electrons. The molecule has 0 aromatic heterocycles. The SMILES string of the molecule is NCC1CCCCC1C(=O)N1CCCC(C(N)=O)C1. The number of nitrogens with zero attached hydrogens (tertiary/aromatic N) is 1. The summed E-state index contributed by atoms with van der Waals surface area (Å²) >= 11 is 0. The molecule has 3 unspecified atom stereocenters. The number of piperidine rings is 1. The fraction of sp³-hybridized carbons (Fsp3) is 0.857. The van der Waals surface area contributed by atoms with E-state index < -0.39 is 0 Å². The molecule has 1 aliphatic carbocycles. The van der Waals surface area contributed by atoms with Crippen molar-refractivity contribution in [2.75, 3.05) is 19.6 Å². The van der Waals surface area contributed by atoms with Crippen molar-refractivity contribution < 1.29 is 9.59 Å². The first kappa shape index (κ1) is 14.3. The van der Waals surface area contributed by atoms with Crippen LogP contribution in [0.5, 0.6) is 0 Å². The minimum absolute atomic E-state index is 0.0605. The predicted octanol–water partition coefficient (Wildman–Crippen LogP) is 0.475. The van der Waals surface area contributed by atoms with Gasteiger partial charge in [-0.3, -0.25) is 9.59 Å². The first-order valence-corrected chi connectivity index (χ1v) is 7.41. The van der Waals surface area contributed by atoms with Crippen LogP contribution in [-0.4, -0.2) is 36.3 Å². The highest BCUT2D eigenvalue weighted by Gasteiger charge is 2.35. The van der Waals surface area contributed by atoms with Crippen LogP contribution in [-0.2, 0) is 9.59 Å². The van der Waals surface area contributed by atoms with Crippen LogP contribution in [0, 0.1) is 17.8 Å². The molecule has 3 atom stereocenters. The zero-order valence-electron chi connectivity index (χ0n) is 11.5. The van der Waals surface area contributed by atoms with Gasteiger partial charge in [-0.05, 0) is 38.1 Å². The molecule has 2 fully saturated rings. The Morgan fingerprint density at radius 1 is 1.11 bits per heavy atom. The molecule has 1 aliphatic heterocycles. The third-order valence-corrected chi connectivity index (χ3v) is 4.66. The van der Waals surface area contributed by atoms with E-state index in [1.165, 1.54) is 6.42 Å². The second-order valence-electron chi connectivity index (χ2n) is 5.91. The summed E-state index contributed by atoms with van der Waals surface area (Å²) in [4.78, 5) is 25.7. The highest BCUT2D eigenvalue weighted by Crippen LogP contribution is 2.32. The quantitative estimate of drug-likeness (QED) is 0.779. The lowest BCUT2D eigenvalue weighted by Crippen LogP contribution is -2.48. The first-order valence-electron chi connectivity index (χ1n) is 7.41. The van der Waals surface area contributed by atoms with Crippen LogP contribution in [0.4, 0.5) is 0 Å². The third kappa shape index (κ3) is 3.26. The Bertz CT molecular complexity index is 346. The minimum atomic E-state index is -0.281. The maximum atomic E-state index is 12.6. The summed E-state index contributed by atoms with van der Waals surface area (Å²) in [6.07, 6.45) is 5.97. The molecular formula is C14H25N3O2. The Hall–Kier alpha value is -1.10. The fourth-order valence-corrected chi connectivity index (χ4v) is 3.46. The van der Waals surface area contributed by atoms with Crippen LogP contribution < -0.4 is 11.5 Å². The van der Waals surface area contributed by atoms with Crippen molar-refractivity contribution in [3.8, 4) is 0 Å². The molecule has 1 heterocycles. The molecule has 1 saturated heterocycles. The van der Waals surface area contributed by atoms with E-state index in [4.69, 9.17) is 11.5 Å². The number of carbonyl (C=O) groups excluding carboxylic acids is 2. The summed E-state index contributed by atoms with van der Waals surface area (Å²) in [5.41, 5.74) is 11.2. The molecule has 0 spiro atoms. The van der Waals surface area contributed by atoms with Crippen molar-refractivity contribution in [1.29, 1.82) is 0 Å². The summed E-state index contributed by atoms with van der Waals surface area (Å²) < 4.78 is 0. The fourth-order valence-electron chi connectivity index (χ4n) is 3.46. The van der Waals surface area contributed by atoms with Gasteiger partial charge in [-0.25, -0.2) is 0 Å². The molecule has 5 nitrogen and oxygen atoms in total. The maximum Gasteiger partial charge on any atom is 0.226 e. The molecule has 0 bridgehead atoms. The Labute approximate surface area is 114 Å². The number of rotatable bonds is 3. The molecular weight excluding hydrogens is 242 g/mol. The van der Waals surface area contributed by atoms with E-state index >= 15 is 0 Å². The van der Waals surface area contributed by atoms with Crippen molar-refractivity contribution >= 4 is 11.8 Å². The second-order valence-corrected chi connectivity index (χ2v) is 5.91. The Balaban J connectivity index is 1.99. The molecule has 2 aliphatic rings. The van der Waals surface area contributed by atoms with Crippen LogP contribution >= 0.6 is 0 Å². The van der Waals surface area contributed by atoms with Gasteiger partial charge < -0.3 is 16.4 Å². The monoisotopic (exact) mass is 267 g/mol. The zero-order valence-corrected chi connectivity index (χ0v) is 11.5. The van der Waals surface area contributed by atoms with Crippen LogP contribution in [0.25, 0.3) is 0 Å². The second kappa shape index (κ2) is 6.37. The van der Waals surface area contributed by atoms with Gasteiger partial charge in [-0.2, -0.15) is 0 Å². The number of primary amides is 1. The molecule has 19 heavy (non-hydrogen) atoms. The molecule has 108 valence electrons. The van der Waals surface area contributed by atoms with Crippen molar-refractivity contribution in [3.05, 3.63) is 0 Å². The van der Waals surface area contributed by atoms with Crippen LogP contribution in [0.2, 0.25) is 0 Å². The molecule has 5 heteroatoms. The van der Waals surface area contributed by atoms with E-state index in [2.05, 4.69) is 0 Å². The topological polar surface area (TPSA) is 89.4 Å². The average molecular weight is 267 g/mol. The lowest BCUT2D eigenvalue weighted by Gasteiger charge is -2.37. The molecule has 2 rings (SSSR count). The first-order chi connectivity index (χ1) is 9.13. The van der Waals surface area contributed by atoms with E-state index in [-0.39, 0.29) is 23.7 Å². The summed E-state index contributed by atoms with van der Waals surface area (Å²) in [5.74, 6) is 0.121. The van der Waals surface area contributed by atoms with Gasteiger partial charge >= 0.3 is 0 Å². The highest BCUT2D eigenvalue weighted by atomic mass is 16.2. The highest BCUT2D eigenvalue weighted by molar-refractivity contribution is 5.81. The average Bonchev–Trinajstić information content (AvgIpc) is 2.46. The van der Waals surface area contributed by atoms with E-state index in [1.54, 1.807) is 0 Å². The third-order valence-electron chi connectivity index (χ3n) is 4.66. The lowest BCUT2D eigenvalue weighted by molar-refractivity contribution is -0.141. The van der Waals surface area contributed by atoms with Gasteiger partial charge in [0, 0.05) is 19.0 Å². The Morgan fingerprint density at radius 2 is 1.84 bits per heavy atom. The summed E-state index contributed by atoms with van der Waals surface area (Å²) in [5, 5.41) is 0. The van der Waals surface area contributed by atoms with Gasteiger partial charge in [0.15, 0.2) is 0 Å². The van der Waals surface area contributed by atoms with Gasteiger partial charge in [0.05, 0.1) is 5.92 Å². The standard InChI is InChI=1S/C14H25N3O2/c15-8-10-4-1-2-6-12(10)14(19)17-7-3-5-11(9-17)13(16)18/h10-12H,1-9,15H2,(H2,16,18).